The zero-order valence-electron chi connectivity index (χ0n) is 14.4. The Labute approximate surface area is 150 Å². The van der Waals surface area contributed by atoms with Gasteiger partial charge in [-0.2, -0.15) is 0 Å². The zero-order chi connectivity index (χ0) is 18.5. The second-order valence-electron chi connectivity index (χ2n) is 5.75. The van der Waals surface area contributed by atoms with Crippen LogP contribution in [0.5, 0.6) is 0 Å². The number of nitrogens with zero attached hydrogens (tertiary/aromatic N) is 4. The van der Waals surface area contributed by atoms with Gasteiger partial charge < -0.3 is 10.6 Å². The van der Waals surface area contributed by atoms with E-state index in [1.54, 1.807) is 29.9 Å². The minimum atomic E-state index is -0.159. The van der Waals surface area contributed by atoms with E-state index in [-0.39, 0.29) is 18.2 Å². The van der Waals surface area contributed by atoms with E-state index in [4.69, 9.17) is 0 Å². The van der Waals surface area contributed by atoms with E-state index < -0.39 is 0 Å². The third-order valence-corrected chi connectivity index (χ3v) is 3.90. The fourth-order valence-electron chi connectivity index (χ4n) is 2.52. The normalized spacial score (nSPS) is 10.4. The van der Waals surface area contributed by atoms with Crippen LogP contribution in [0.25, 0.3) is 5.69 Å². The van der Waals surface area contributed by atoms with Gasteiger partial charge in [-0.05, 0) is 58.8 Å². The molecule has 0 unspecified atom stereocenters. The Bertz CT molecular complexity index is 919. The van der Waals surface area contributed by atoms with Crippen LogP contribution in [0, 0.1) is 6.92 Å². The topological polar surface area (TPSA) is 102 Å². The number of anilines is 1. The highest BCUT2D eigenvalue weighted by Gasteiger charge is 2.09. The monoisotopic (exact) mass is 350 g/mol. The molecule has 3 aromatic rings. The lowest BCUT2D eigenvalue weighted by atomic mass is 10.1. The molecule has 0 bridgehead atoms. The summed E-state index contributed by atoms with van der Waals surface area (Å²) in [6, 6.07) is 12.6. The first-order valence-corrected chi connectivity index (χ1v) is 8.01. The van der Waals surface area contributed by atoms with Crippen molar-refractivity contribution in [3.8, 4) is 5.69 Å². The molecule has 2 aromatic carbocycles. The van der Waals surface area contributed by atoms with Gasteiger partial charge in [-0.3, -0.25) is 9.59 Å². The molecular weight excluding hydrogens is 332 g/mol. The average Bonchev–Trinajstić information content (AvgIpc) is 3.18. The summed E-state index contributed by atoms with van der Waals surface area (Å²) in [5, 5.41) is 16.4. The second-order valence-corrected chi connectivity index (χ2v) is 5.75. The Morgan fingerprint density at radius 3 is 2.50 bits per heavy atom. The highest BCUT2D eigenvalue weighted by atomic mass is 16.2. The van der Waals surface area contributed by atoms with E-state index in [0.29, 0.717) is 11.3 Å². The molecule has 2 amide bonds. The summed E-state index contributed by atoms with van der Waals surface area (Å²) in [4.78, 5) is 23.9. The molecule has 1 heterocycles. The van der Waals surface area contributed by atoms with Crippen LogP contribution in [0.4, 0.5) is 5.69 Å². The number of hydrogen-bond acceptors (Lipinski definition) is 5. The Morgan fingerprint density at radius 2 is 1.88 bits per heavy atom. The summed E-state index contributed by atoms with van der Waals surface area (Å²) in [7, 11) is 1.58. The molecule has 3 rings (SSSR count). The van der Waals surface area contributed by atoms with Gasteiger partial charge in [0.2, 0.25) is 5.91 Å². The van der Waals surface area contributed by atoms with Crippen molar-refractivity contribution >= 4 is 17.5 Å². The molecule has 0 aliphatic heterocycles. The summed E-state index contributed by atoms with van der Waals surface area (Å²) < 4.78 is 1.54. The van der Waals surface area contributed by atoms with Crippen LogP contribution in [0.3, 0.4) is 0 Å². The van der Waals surface area contributed by atoms with Crippen molar-refractivity contribution < 1.29 is 9.59 Å². The number of nitrogens with one attached hydrogen (secondary N) is 2. The summed E-state index contributed by atoms with van der Waals surface area (Å²) in [6.07, 6.45) is 1.75. The average molecular weight is 350 g/mol. The van der Waals surface area contributed by atoms with Gasteiger partial charge in [-0.25, -0.2) is 4.68 Å². The second kappa shape index (κ2) is 7.56. The van der Waals surface area contributed by atoms with E-state index >= 15 is 0 Å². The molecule has 0 spiro atoms. The van der Waals surface area contributed by atoms with E-state index in [9.17, 15) is 9.59 Å². The molecule has 0 radical (unpaired) electrons. The van der Waals surface area contributed by atoms with Gasteiger partial charge in [0.05, 0.1) is 12.1 Å². The molecular formula is C18H18N6O2. The predicted octanol–water partition coefficient (Wildman–Crippen LogP) is 1.51. The molecule has 0 aliphatic carbocycles. The molecule has 0 aliphatic rings. The Kier molecular flexibility index (Phi) is 5.02. The fourth-order valence-corrected chi connectivity index (χ4v) is 2.52. The first kappa shape index (κ1) is 17.3. The SMILES string of the molecule is CNC(=O)c1ccc(NC(=O)Cc2ccc(-n3cnnn3)cc2)c(C)c1. The van der Waals surface area contributed by atoms with Gasteiger partial charge in [0.25, 0.3) is 5.91 Å². The van der Waals surface area contributed by atoms with Gasteiger partial charge in [-0.15, -0.1) is 5.10 Å². The summed E-state index contributed by atoms with van der Waals surface area (Å²) >= 11 is 0. The molecule has 0 fully saturated rings. The molecule has 8 heteroatoms. The lowest BCUT2D eigenvalue weighted by molar-refractivity contribution is -0.115. The number of benzene rings is 2. The summed E-state index contributed by atoms with van der Waals surface area (Å²) in [6.45, 7) is 1.85. The number of carbonyl (C=O) groups is 2. The minimum absolute atomic E-state index is 0.129. The molecule has 0 saturated heterocycles. The largest absolute Gasteiger partial charge is 0.355 e. The molecule has 132 valence electrons. The highest BCUT2D eigenvalue weighted by molar-refractivity contribution is 5.96. The van der Waals surface area contributed by atoms with Gasteiger partial charge >= 0.3 is 0 Å². The molecule has 26 heavy (non-hydrogen) atoms. The number of amides is 2. The Hall–Kier alpha value is -3.55. The standard InChI is InChI=1S/C18H18N6O2/c1-12-9-14(18(26)19-2)5-8-16(12)21-17(25)10-13-3-6-15(7-4-13)24-11-20-22-23-24/h3-9,11H,10H2,1-2H3,(H,19,26)(H,21,25). The van der Waals surface area contributed by atoms with Crippen LogP contribution in [0.15, 0.2) is 48.8 Å². The zero-order valence-corrected chi connectivity index (χ0v) is 14.4. The number of aryl methyl sites for hydroxylation is 1. The van der Waals surface area contributed by atoms with Crippen LogP contribution in [0.1, 0.15) is 21.5 Å². The number of carbonyl (C=O) groups excluding carboxylic acids is 2. The predicted molar refractivity (Wildman–Crippen MR) is 96.1 cm³/mol. The fraction of sp³-hybridized carbons (Fsp3) is 0.167. The van der Waals surface area contributed by atoms with Gasteiger partial charge in [0.1, 0.15) is 6.33 Å². The minimum Gasteiger partial charge on any atom is -0.355 e. The lowest BCUT2D eigenvalue weighted by Gasteiger charge is -2.10. The van der Waals surface area contributed by atoms with E-state index in [0.717, 1.165) is 16.8 Å². The van der Waals surface area contributed by atoms with E-state index in [1.165, 1.54) is 6.33 Å². The molecule has 0 saturated carbocycles. The lowest BCUT2D eigenvalue weighted by Crippen LogP contribution is -2.19. The van der Waals surface area contributed by atoms with Crippen molar-refractivity contribution in [3.05, 3.63) is 65.5 Å². The van der Waals surface area contributed by atoms with Gasteiger partial charge in [0, 0.05) is 18.3 Å². The smallest absolute Gasteiger partial charge is 0.251 e. The van der Waals surface area contributed by atoms with E-state index in [2.05, 4.69) is 26.2 Å². The molecule has 2 N–H and O–H groups in total. The van der Waals surface area contributed by atoms with Crippen LogP contribution < -0.4 is 10.6 Å². The molecule has 1 aromatic heterocycles. The third kappa shape index (κ3) is 3.92. The maximum atomic E-state index is 12.3. The molecule has 8 nitrogen and oxygen atoms in total. The molecule has 0 atom stereocenters. The Morgan fingerprint density at radius 1 is 1.12 bits per heavy atom. The number of rotatable bonds is 5. The summed E-state index contributed by atoms with van der Waals surface area (Å²) in [5.74, 6) is -0.287. The van der Waals surface area contributed by atoms with Crippen molar-refractivity contribution in [2.45, 2.75) is 13.3 Å². The number of tetrazole rings is 1. The van der Waals surface area contributed by atoms with Crippen molar-refractivity contribution in [2.75, 3.05) is 12.4 Å². The van der Waals surface area contributed by atoms with Crippen molar-refractivity contribution in [3.63, 3.8) is 0 Å². The first-order valence-electron chi connectivity index (χ1n) is 8.01. The van der Waals surface area contributed by atoms with Crippen molar-refractivity contribution in [1.29, 1.82) is 0 Å². The van der Waals surface area contributed by atoms with Crippen molar-refractivity contribution in [1.82, 2.24) is 25.5 Å². The van der Waals surface area contributed by atoms with Crippen LogP contribution in [-0.2, 0) is 11.2 Å². The maximum absolute atomic E-state index is 12.3. The highest BCUT2D eigenvalue weighted by Crippen LogP contribution is 2.17. The Balaban J connectivity index is 1.64. The van der Waals surface area contributed by atoms with E-state index in [1.807, 2.05) is 31.2 Å². The van der Waals surface area contributed by atoms with Crippen LogP contribution in [-0.4, -0.2) is 39.1 Å². The van der Waals surface area contributed by atoms with Gasteiger partial charge in [0.15, 0.2) is 0 Å². The third-order valence-electron chi connectivity index (χ3n) is 3.90. The number of aromatic nitrogens is 4. The van der Waals surface area contributed by atoms with Crippen LogP contribution in [0.2, 0.25) is 0 Å². The summed E-state index contributed by atoms with van der Waals surface area (Å²) in [5.41, 5.74) is 3.77. The number of hydrogen-bond donors (Lipinski definition) is 2. The van der Waals surface area contributed by atoms with Crippen molar-refractivity contribution in [2.24, 2.45) is 0 Å². The van der Waals surface area contributed by atoms with Gasteiger partial charge in [-0.1, -0.05) is 12.1 Å². The quantitative estimate of drug-likeness (QED) is 0.726. The first-order chi connectivity index (χ1) is 12.6. The maximum Gasteiger partial charge on any atom is 0.251 e. The van der Waals surface area contributed by atoms with Crippen LogP contribution >= 0.6 is 0 Å².